The Bertz CT molecular complexity index is 518. The van der Waals surface area contributed by atoms with Gasteiger partial charge < -0.3 is 10.2 Å². The molecule has 1 aromatic heterocycles. The van der Waals surface area contributed by atoms with Crippen molar-refractivity contribution in [3.63, 3.8) is 0 Å². The highest BCUT2D eigenvalue weighted by Crippen LogP contribution is 2.22. The molecule has 2 atom stereocenters. The predicted octanol–water partition coefficient (Wildman–Crippen LogP) is 3.28. The van der Waals surface area contributed by atoms with Crippen LogP contribution in [0.3, 0.4) is 0 Å². The summed E-state index contributed by atoms with van der Waals surface area (Å²) in [7, 11) is 0. The third kappa shape index (κ3) is 4.30. The normalized spacial score (nSPS) is 20.1. The number of hydrogen-bond donors (Lipinski definition) is 1. The molecular weight excluding hydrogens is 352 g/mol. The maximum atomic E-state index is 12.4. The van der Waals surface area contributed by atoms with Gasteiger partial charge in [0.2, 0.25) is 5.91 Å². The summed E-state index contributed by atoms with van der Waals surface area (Å²) in [6.07, 6.45) is 3.36. The predicted molar refractivity (Wildman–Crippen MR) is 88.5 cm³/mol. The molecule has 2 unspecified atom stereocenters. The molecule has 2 heterocycles. The smallest absolute Gasteiger partial charge is 0.262 e. The first-order valence-corrected chi connectivity index (χ1v) is 8.97. The van der Waals surface area contributed by atoms with Crippen LogP contribution in [0.25, 0.3) is 0 Å². The van der Waals surface area contributed by atoms with E-state index in [-0.39, 0.29) is 11.8 Å². The average molecular weight is 373 g/mol. The van der Waals surface area contributed by atoms with E-state index in [1.165, 1.54) is 17.8 Å². The Kier molecular flexibility index (Phi) is 5.81. The molecule has 2 amide bonds. The van der Waals surface area contributed by atoms with Crippen LogP contribution in [-0.2, 0) is 4.79 Å². The third-order valence-corrected chi connectivity index (χ3v) is 5.55. The topological polar surface area (TPSA) is 49.4 Å². The zero-order chi connectivity index (χ0) is 15.4. The molecule has 0 spiro atoms. The maximum absolute atomic E-state index is 12.4. The molecule has 0 saturated carbocycles. The van der Waals surface area contributed by atoms with Crippen molar-refractivity contribution in [2.45, 2.75) is 39.2 Å². The van der Waals surface area contributed by atoms with Crippen LogP contribution < -0.4 is 5.32 Å². The lowest BCUT2D eigenvalue weighted by Gasteiger charge is -2.34. The summed E-state index contributed by atoms with van der Waals surface area (Å²) in [5.74, 6) is 0.437. The lowest BCUT2D eigenvalue weighted by molar-refractivity contribution is -0.134. The van der Waals surface area contributed by atoms with Gasteiger partial charge in [0.25, 0.3) is 5.91 Å². The highest BCUT2D eigenvalue weighted by Gasteiger charge is 2.27. The van der Waals surface area contributed by atoms with Crippen molar-refractivity contribution in [2.75, 3.05) is 13.1 Å². The molecule has 1 fully saturated rings. The molecule has 1 aliphatic heterocycles. The Morgan fingerprint density at radius 2 is 2.29 bits per heavy atom. The van der Waals surface area contributed by atoms with Gasteiger partial charge in [0.05, 0.1) is 8.66 Å². The molecule has 4 nitrogen and oxygen atoms in total. The Hall–Kier alpha value is -0.880. The molecule has 2 rings (SSSR count). The van der Waals surface area contributed by atoms with Crippen LogP contribution in [0.2, 0.25) is 0 Å². The molecule has 0 aliphatic carbocycles. The van der Waals surface area contributed by atoms with Gasteiger partial charge in [-0.05, 0) is 53.7 Å². The van der Waals surface area contributed by atoms with E-state index in [1.54, 1.807) is 13.0 Å². The molecule has 116 valence electrons. The Morgan fingerprint density at radius 3 is 2.90 bits per heavy atom. The van der Waals surface area contributed by atoms with E-state index in [4.69, 9.17) is 0 Å². The van der Waals surface area contributed by atoms with Gasteiger partial charge in [0.15, 0.2) is 0 Å². The highest BCUT2D eigenvalue weighted by atomic mass is 79.9. The fourth-order valence-corrected chi connectivity index (χ4v) is 3.93. The number of rotatable bonds is 4. The van der Waals surface area contributed by atoms with Gasteiger partial charge in [-0.3, -0.25) is 9.59 Å². The summed E-state index contributed by atoms with van der Waals surface area (Å²) in [5.41, 5.74) is 0. The van der Waals surface area contributed by atoms with Crippen molar-refractivity contribution < 1.29 is 9.59 Å². The quantitative estimate of drug-likeness (QED) is 0.881. The summed E-state index contributed by atoms with van der Waals surface area (Å²) in [6, 6.07) is 3.12. The first-order valence-electron chi connectivity index (χ1n) is 7.36. The molecule has 1 aliphatic rings. The fourth-order valence-electron chi connectivity index (χ4n) is 2.64. The van der Waals surface area contributed by atoms with E-state index in [9.17, 15) is 9.59 Å². The number of piperidine rings is 1. The second-order valence-corrected chi connectivity index (χ2v) is 7.96. The number of carbonyl (C=O) groups excluding carboxylic acids is 2. The number of thiophene rings is 1. The monoisotopic (exact) mass is 372 g/mol. The minimum absolute atomic E-state index is 0.0251. The summed E-state index contributed by atoms with van der Waals surface area (Å²) in [4.78, 5) is 27.0. The minimum atomic E-state index is -0.478. The van der Waals surface area contributed by atoms with E-state index >= 15 is 0 Å². The van der Waals surface area contributed by atoms with Crippen molar-refractivity contribution in [1.29, 1.82) is 0 Å². The van der Waals surface area contributed by atoms with Crippen molar-refractivity contribution >= 4 is 39.1 Å². The van der Waals surface area contributed by atoms with Gasteiger partial charge in [0, 0.05) is 13.1 Å². The average Bonchev–Trinajstić information content (AvgIpc) is 2.93. The van der Waals surface area contributed by atoms with E-state index in [0.717, 1.165) is 29.7 Å². The Labute approximate surface area is 138 Å². The number of hydrogen-bond acceptors (Lipinski definition) is 3. The van der Waals surface area contributed by atoms with Crippen LogP contribution in [0.15, 0.2) is 15.9 Å². The van der Waals surface area contributed by atoms with Crippen LogP contribution in [-0.4, -0.2) is 35.8 Å². The second kappa shape index (κ2) is 7.40. The number of carbonyl (C=O) groups is 2. The van der Waals surface area contributed by atoms with Gasteiger partial charge in [-0.15, -0.1) is 11.3 Å². The fraction of sp³-hybridized carbons (Fsp3) is 0.600. The second-order valence-electron chi connectivity index (χ2n) is 5.50. The molecule has 1 saturated heterocycles. The van der Waals surface area contributed by atoms with Gasteiger partial charge >= 0.3 is 0 Å². The number of nitrogens with one attached hydrogen (secondary N) is 1. The molecule has 0 aromatic carbocycles. The van der Waals surface area contributed by atoms with E-state index < -0.39 is 6.04 Å². The molecule has 1 aromatic rings. The van der Waals surface area contributed by atoms with Crippen molar-refractivity contribution in [1.82, 2.24) is 10.2 Å². The van der Waals surface area contributed by atoms with E-state index in [0.29, 0.717) is 10.8 Å². The van der Waals surface area contributed by atoms with Gasteiger partial charge in [-0.1, -0.05) is 13.3 Å². The lowest BCUT2D eigenvalue weighted by Crippen LogP contribution is -2.49. The zero-order valence-electron chi connectivity index (χ0n) is 12.4. The number of nitrogens with zero attached hydrogens (tertiary/aromatic N) is 1. The molecular formula is C15H21BrN2O2S. The van der Waals surface area contributed by atoms with Crippen LogP contribution >= 0.6 is 27.3 Å². The van der Waals surface area contributed by atoms with Gasteiger partial charge in [-0.2, -0.15) is 0 Å². The molecule has 21 heavy (non-hydrogen) atoms. The van der Waals surface area contributed by atoms with E-state index in [1.807, 2.05) is 11.0 Å². The Morgan fingerprint density at radius 1 is 1.52 bits per heavy atom. The van der Waals surface area contributed by atoms with Crippen LogP contribution in [0.1, 0.15) is 42.8 Å². The number of amides is 2. The van der Waals surface area contributed by atoms with Gasteiger partial charge in [-0.25, -0.2) is 0 Å². The largest absolute Gasteiger partial charge is 0.341 e. The SMILES string of the molecule is CCC1CCCN(C(=O)C(C)NC(=O)c2ccc(Br)s2)C1. The number of halogens is 1. The first kappa shape index (κ1) is 16.5. The molecule has 0 radical (unpaired) electrons. The summed E-state index contributed by atoms with van der Waals surface area (Å²) in [6.45, 7) is 5.55. The molecule has 0 bridgehead atoms. The van der Waals surface area contributed by atoms with Crippen molar-refractivity contribution in [3.05, 3.63) is 20.8 Å². The number of likely N-dealkylation sites (tertiary alicyclic amines) is 1. The summed E-state index contributed by atoms with van der Waals surface area (Å²) >= 11 is 4.70. The summed E-state index contributed by atoms with van der Waals surface area (Å²) < 4.78 is 0.911. The minimum Gasteiger partial charge on any atom is -0.341 e. The summed E-state index contributed by atoms with van der Waals surface area (Å²) in [5, 5.41) is 2.80. The first-order chi connectivity index (χ1) is 10.0. The van der Waals surface area contributed by atoms with E-state index in [2.05, 4.69) is 28.2 Å². The van der Waals surface area contributed by atoms with Crippen molar-refractivity contribution in [2.24, 2.45) is 5.92 Å². The van der Waals surface area contributed by atoms with Gasteiger partial charge in [0.1, 0.15) is 6.04 Å². The molecule has 1 N–H and O–H groups in total. The third-order valence-electron chi connectivity index (χ3n) is 3.92. The van der Waals surface area contributed by atoms with Crippen LogP contribution in [0.4, 0.5) is 0 Å². The zero-order valence-corrected chi connectivity index (χ0v) is 14.8. The standard InChI is InChI=1S/C15H21BrN2O2S/c1-3-11-5-4-8-18(9-11)15(20)10(2)17-14(19)12-6-7-13(16)21-12/h6-7,10-11H,3-5,8-9H2,1-2H3,(H,17,19). The lowest BCUT2D eigenvalue weighted by atomic mass is 9.95. The Balaban J connectivity index is 1.91. The van der Waals surface area contributed by atoms with Crippen molar-refractivity contribution in [3.8, 4) is 0 Å². The highest BCUT2D eigenvalue weighted by molar-refractivity contribution is 9.11. The van der Waals surface area contributed by atoms with Crippen LogP contribution in [0, 0.1) is 5.92 Å². The maximum Gasteiger partial charge on any atom is 0.262 e. The molecule has 6 heteroatoms. The van der Waals surface area contributed by atoms with Crippen LogP contribution in [0.5, 0.6) is 0 Å².